The fraction of sp³-hybridized carbons (Fsp3) is 0.636. The van der Waals surface area contributed by atoms with E-state index < -0.39 is 12.0 Å². The molecule has 0 aliphatic heterocycles. The van der Waals surface area contributed by atoms with Crippen LogP contribution in [0.3, 0.4) is 0 Å². The van der Waals surface area contributed by atoms with Crippen molar-refractivity contribution in [1.82, 2.24) is 20.3 Å². The number of carboxylic acids is 1. The van der Waals surface area contributed by atoms with Gasteiger partial charge in [0.05, 0.1) is 18.8 Å². The molecular formula is C11H19N5O4. The number of rotatable bonds is 9. The fourth-order valence-electron chi connectivity index (χ4n) is 1.51. The molecule has 1 rings (SSSR count). The van der Waals surface area contributed by atoms with Crippen molar-refractivity contribution >= 4 is 11.9 Å². The van der Waals surface area contributed by atoms with Gasteiger partial charge in [-0.15, -0.1) is 5.10 Å². The third kappa shape index (κ3) is 5.33. The summed E-state index contributed by atoms with van der Waals surface area (Å²) >= 11 is 0. The summed E-state index contributed by atoms with van der Waals surface area (Å²) in [5, 5.41) is 18.4. The van der Waals surface area contributed by atoms with Gasteiger partial charge in [-0.2, -0.15) is 0 Å². The van der Waals surface area contributed by atoms with E-state index >= 15 is 0 Å². The number of ether oxygens (including phenoxy) is 1. The number of nitrogens with one attached hydrogen (secondary N) is 1. The Kier molecular flexibility index (Phi) is 6.60. The van der Waals surface area contributed by atoms with E-state index in [1.807, 2.05) is 0 Å². The molecule has 0 aromatic carbocycles. The van der Waals surface area contributed by atoms with Crippen molar-refractivity contribution < 1.29 is 19.4 Å². The van der Waals surface area contributed by atoms with Gasteiger partial charge in [0.1, 0.15) is 0 Å². The van der Waals surface area contributed by atoms with E-state index in [9.17, 15) is 9.59 Å². The van der Waals surface area contributed by atoms with Crippen molar-refractivity contribution in [2.24, 2.45) is 5.73 Å². The molecule has 0 spiro atoms. The maximum absolute atomic E-state index is 11.6. The number of hydrogen-bond acceptors (Lipinski definition) is 6. The van der Waals surface area contributed by atoms with E-state index in [1.54, 1.807) is 7.11 Å². The zero-order valence-corrected chi connectivity index (χ0v) is 11.3. The maximum atomic E-state index is 11.6. The predicted molar refractivity (Wildman–Crippen MR) is 69.1 cm³/mol. The predicted octanol–water partition coefficient (Wildman–Crippen LogP) is -1.15. The molecule has 0 saturated heterocycles. The zero-order valence-electron chi connectivity index (χ0n) is 11.3. The van der Waals surface area contributed by atoms with Gasteiger partial charge in [0.2, 0.25) is 5.91 Å². The van der Waals surface area contributed by atoms with Crippen LogP contribution in [-0.4, -0.2) is 58.3 Å². The second-order valence-corrected chi connectivity index (χ2v) is 4.20. The summed E-state index contributed by atoms with van der Waals surface area (Å²) in [6, 6.07) is -0.574. The number of aromatic carboxylic acids is 1. The fourth-order valence-corrected chi connectivity index (χ4v) is 1.51. The number of nitrogens with two attached hydrogens (primary N) is 1. The molecule has 0 aliphatic carbocycles. The van der Waals surface area contributed by atoms with Crippen LogP contribution in [-0.2, 0) is 16.1 Å². The van der Waals surface area contributed by atoms with E-state index in [4.69, 9.17) is 15.6 Å². The largest absolute Gasteiger partial charge is 0.476 e. The standard InChI is InChI=1S/C11H19N5O4/c1-20-6-2-3-8(12)10(17)13-4-5-16-7-9(11(18)19)14-15-16/h7-8H,2-6,12H2,1H3,(H,13,17)(H,18,19). The van der Waals surface area contributed by atoms with E-state index in [2.05, 4.69) is 15.6 Å². The molecule has 0 saturated carbocycles. The Labute approximate surface area is 116 Å². The van der Waals surface area contributed by atoms with E-state index in [1.165, 1.54) is 10.9 Å². The van der Waals surface area contributed by atoms with Crippen LogP contribution < -0.4 is 11.1 Å². The van der Waals surface area contributed by atoms with Crippen LogP contribution in [0, 0.1) is 0 Å². The molecule has 9 nitrogen and oxygen atoms in total. The average Bonchev–Trinajstić information content (AvgIpc) is 2.87. The van der Waals surface area contributed by atoms with Crippen LogP contribution >= 0.6 is 0 Å². The van der Waals surface area contributed by atoms with Gasteiger partial charge in [-0.05, 0) is 12.8 Å². The summed E-state index contributed by atoms with van der Waals surface area (Å²) < 4.78 is 6.23. The van der Waals surface area contributed by atoms with Crippen LogP contribution in [0.1, 0.15) is 23.3 Å². The summed E-state index contributed by atoms with van der Waals surface area (Å²) in [6.45, 7) is 1.20. The lowest BCUT2D eigenvalue weighted by atomic mass is 10.1. The summed E-state index contributed by atoms with van der Waals surface area (Å²) in [5.74, 6) is -1.39. The van der Waals surface area contributed by atoms with E-state index in [0.29, 0.717) is 26.1 Å². The van der Waals surface area contributed by atoms with Gasteiger partial charge in [0.15, 0.2) is 5.69 Å². The quantitative estimate of drug-likeness (QED) is 0.488. The molecule has 0 fully saturated rings. The van der Waals surface area contributed by atoms with Crippen molar-refractivity contribution in [2.45, 2.75) is 25.4 Å². The number of carbonyl (C=O) groups is 2. The first-order chi connectivity index (χ1) is 9.54. The summed E-state index contributed by atoms with van der Waals surface area (Å²) in [6.07, 6.45) is 2.56. The highest BCUT2D eigenvalue weighted by atomic mass is 16.5. The lowest BCUT2D eigenvalue weighted by Crippen LogP contribution is -2.41. The van der Waals surface area contributed by atoms with Gasteiger partial charge < -0.3 is 20.9 Å². The highest BCUT2D eigenvalue weighted by Crippen LogP contribution is 1.95. The zero-order chi connectivity index (χ0) is 15.0. The Morgan fingerprint density at radius 1 is 1.60 bits per heavy atom. The maximum Gasteiger partial charge on any atom is 0.358 e. The SMILES string of the molecule is COCCCC(N)C(=O)NCCn1cc(C(=O)O)nn1. The van der Waals surface area contributed by atoms with Gasteiger partial charge in [-0.25, -0.2) is 9.48 Å². The van der Waals surface area contributed by atoms with Crippen LogP contribution in [0.4, 0.5) is 0 Å². The number of carbonyl (C=O) groups excluding carboxylic acids is 1. The summed E-state index contributed by atoms with van der Waals surface area (Å²) in [7, 11) is 1.59. The minimum absolute atomic E-state index is 0.132. The molecule has 9 heteroatoms. The van der Waals surface area contributed by atoms with Crippen molar-refractivity contribution in [3.8, 4) is 0 Å². The van der Waals surface area contributed by atoms with Crippen LogP contribution in [0.2, 0.25) is 0 Å². The van der Waals surface area contributed by atoms with E-state index in [-0.39, 0.29) is 11.6 Å². The molecule has 1 aromatic heterocycles. The minimum Gasteiger partial charge on any atom is -0.476 e. The molecule has 4 N–H and O–H groups in total. The number of nitrogens with zero attached hydrogens (tertiary/aromatic N) is 3. The average molecular weight is 285 g/mol. The summed E-state index contributed by atoms with van der Waals surface area (Å²) in [5.41, 5.74) is 5.57. The van der Waals surface area contributed by atoms with Crippen molar-refractivity contribution in [3.05, 3.63) is 11.9 Å². The normalized spacial score (nSPS) is 12.1. The highest BCUT2D eigenvalue weighted by Gasteiger charge is 2.12. The molecule has 112 valence electrons. The molecule has 1 aromatic rings. The van der Waals surface area contributed by atoms with Crippen molar-refractivity contribution in [3.63, 3.8) is 0 Å². The molecule has 0 bridgehead atoms. The molecule has 0 aliphatic rings. The topological polar surface area (TPSA) is 132 Å². The lowest BCUT2D eigenvalue weighted by Gasteiger charge is -2.11. The van der Waals surface area contributed by atoms with Crippen molar-refractivity contribution in [1.29, 1.82) is 0 Å². The van der Waals surface area contributed by atoms with Crippen LogP contribution in [0.15, 0.2) is 6.20 Å². The third-order valence-electron chi connectivity index (χ3n) is 2.60. The Balaban J connectivity index is 2.25. The van der Waals surface area contributed by atoms with Crippen LogP contribution in [0.5, 0.6) is 0 Å². The highest BCUT2D eigenvalue weighted by molar-refractivity contribution is 5.84. The number of hydrogen-bond donors (Lipinski definition) is 3. The van der Waals surface area contributed by atoms with E-state index in [0.717, 1.165) is 6.42 Å². The molecule has 0 radical (unpaired) electrons. The molecule has 1 heterocycles. The third-order valence-corrected chi connectivity index (χ3v) is 2.60. The Hall–Kier alpha value is -2.00. The molecule has 1 amide bonds. The first-order valence-electron chi connectivity index (χ1n) is 6.20. The molecule has 1 unspecified atom stereocenters. The van der Waals surface area contributed by atoms with Gasteiger partial charge in [0.25, 0.3) is 0 Å². The summed E-state index contributed by atoms with van der Waals surface area (Å²) in [4.78, 5) is 22.2. The monoisotopic (exact) mass is 285 g/mol. The number of amides is 1. The second-order valence-electron chi connectivity index (χ2n) is 4.20. The van der Waals surface area contributed by atoms with Crippen LogP contribution in [0.25, 0.3) is 0 Å². The molecular weight excluding hydrogens is 266 g/mol. The number of methoxy groups -OCH3 is 1. The minimum atomic E-state index is -1.14. The van der Waals surface area contributed by atoms with Gasteiger partial charge >= 0.3 is 5.97 Å². The number of aromatic nitrogens is 3. The Morgan fingerprint density at radius 2 is 2.35 bits per heavy atom. The lowest BCUT2D eigenvalue weighted by molar-refractivity contribution is -0.122. The first-order valence-corrected chi connectivity index (χ1v) is 6.20. The Bertz CT molecular complexity index is 448. The molecule has 20 heavy (non-hydrogen) atoms. The number of carboxylic acid groups (broad SMARTS) is 1. The van der Waals surface area contributed by atoms with Gasteiger partial charge in [0, 0.05) is 20.3 Å². The first kappa shape index (κ1) is 16.1. The van der Waals surface area contributed by atoms with Crippen molar-refractivity contribution in [2.75, 3.05) is 20.3 Å². The second kappa shape index (κ2) is 8.23. The smallest absolute Gasteiger partial charge is 0.358 e. The Morgan fingerprint density at radius 3 is 2.95 bits per heavy atom. The van der Waals surface area contributed by atoms with Gasteiger partial charge in [-0.3, -0.25) is 4.79 Å². The van der Waals surface area contributed by atoms with Gasteiger partial charge in [-0.1, -0.05) is 5.21 Å². The molecule has 1 atom stereocenters.